The minimum Gasteiger partial charge on any atom is -0.445 e. The molecule has 0 aliphatic carbocycles. The molecule has 0 radical (unpaired) electrons. The number of hydrogen-bond acceptors (Lipinski definition) is 4. The molecule has 128 valence electrons. The molecule has 0 bridgehead atoms. The molecule has 1 aromatic rings. The summed E-state index contributed by atoms with van der Waals surface area (Å²) in [6.07, 6.45) is 1.14. The normalized spacial score (nSPS) is 10.6. The zero-order chi connectivity index (χ0) is 17.5. The van der Waals surface area contributed by atoms with Crippen molar-refractivity contribution in [3.8, 4) is 0 Å². The van der Waals surface area contributed by atoms with Crippen molar-refractivity contribution in [2.24, 2.45) is 0 Å². The maximum absolute atomic E-state index is 11.8. The molecule has 23 heavy (non-hydrogen) atoms. The molecule has 0 unspecified atom stereocenters. The average Bonchev–Trinajstić information content (AvgIpc) is 2.60. The summed E-state index contributed by atoms with van der Waals surface area (Å²) in [5, 5.41) is 4.93. The number of carbonyl (C=O) groups is 3. The third-order valence-electron chi connectivity index (χ3n) is 2.76. The Kier molecular flexibility index (Phi) is 11.9. The Morgan fingerprint density at radius 3 is 2.43 bits per heavy atom. The zero-order valence-electron chi connectivity index (χ0n) is 14.0. The van der Waals surface area contributed by atoms with Gasteiger partial charge < -0.3 is 20.2 Å². The van der Waals surface area contributed by atoms with Gasteiger partial charge in [-0.15, -0.1) is 0 Å². The molecule has 0 heterocycles. The van der Waals surface area contributed by atoms with E-state index in [0.717, 1.165) is 12.0 Å². The van der Waals surface area contributed by atoms with Crippen molar-refractivity contribution >= 4 is 18.3 Å². The lowest BCUT2D eigenvalue weighted by atomic mass is 10.1. The summed E-state index contributed by atoms with van der Waals surface area (Å²) in [5.74, 6) is -0.388. The van der Waals surface area contributed by atoms with Crippen LogP contribution in [0.1, 0.15) is 39.2 Å². The SMILES string of the molecule is CC.CCC[C@H](NC(=O)OCc1ccccc1)C(=O)NCC=O. The van der Waals surface area contributed by atoms with E-state index in [4.69, 9.17) is 4.74 Å². The van der Waals surface area contributed by atoms with Crippen LogP contribution < -0.4 is 10.6 Å². The highest BCUT2D eigenvalue weighted by atomic mass is 16.5. The molecule has 1 rings (SSSR count). The molecule has 0 aliphatic heterocycles. The van der Waals surface area contributed by atoms with Crippen LogP contribution in [0.15, 0.2) is 30.3 Å². The van der Waals surface area contributed by atoms with Gasteiger partial charge in [-0.25, -0.2) is 4.79 Å². The highest BCUT2D eigenvalue weighted by Gasteiger charge is 2.20. The van der Waals surface area contributed by atoms with Gasteiger partial charge in [-0.1, -0.05) is 57.5 Å². The predicted octanol–water partition coefficient (Wildman–Crippen LogP) is 2.42. The van der Waals surface area contributed by atoms with Crippen molar-refractivity contribution < 1.29 is 19.1 Å². The second-order valence-electron chi connectivity index (χ2n) is 4.46. The maximum atomic E-state index is 11.8. The van der Waals surface area contributed by atoms with Crippen molar-refractivity contribution in [3.63, 3.8) is 0 Å². The second-order valence-corrected chi connectivity index (χ2v) is 4.46. The van der Waals surface area contributed by atoms with E-state index in [1.807, 2.05) is 51.1 Å². The average molecular weight is 322 g/mol. The van der Waals surface area contributed by atoms with E-state index in [1.54, 1.807) is 0 Å². The van der Waals surface area contributed by atoms with E-state index < -0.39 is 12.1 Å². The van der Waals surface area contributed by atoms with Gasteiger partial charge in [-0.2, -0.15) is 0 Å². The number of alkyl carbamates (subject to hydrolysis) is 1. The lowest BCUT2D eigenvalue weighted by Crippen LogP contribution is -2.47. The number of amides is 2. The van der Waals surface area contributed by atoms with Crippen molar-refractivity contribution in [3.05, 3.63) is 35.9 Å². The van der Waals surface area contributed by atoms with Gasteiger partial charge in [0.2, 0.25) is 5.91 Å². The van der Waals surface area contributed by atoms with E-state index in [0.29, 0.717) is 12.7 Å². The molecule has 6 nitrogen and oxygen atoms in total. The summed E-state index contributed by atoms with van der Waals surface area (Å²) < 4.78 is 5.06. The largest absolute Gasteiger partial charge is 0.445 e. The summed E-state index contributed by atoms with van der Waals surface area (Å²) in [6, 6.07) is 8.56. The third-order valence-corrected chi connectivity index (χ3v) is 2.76. The van der Waals surface area contributed by atoms with Gasteiger partial charge in [0, 0.05) is 0 Å². The highest BCUT2D eigenvalue weighted by molar-refractivity contribution is 5.86. The minimum atomic E-state index is -0.696. The van der Waals surface area contributed by atoms with Gasteiger partial charge in [-0.05, 0) is 12.0 Å². The Bertz CT molecular complexity index is 463. The van der Waals surface area contributed by atoms with Gasteiger partial charge in [-0.3, -0.25) is 4.79 Å². The molecule has 1 aromatic carbocycles. The topological polar surface area (TPSA) is 84.5 Å². The molecule has 2 N–H and O–H groups in total. The van der Waals surface area contributed by atoms with Crippen LogP contribution in [0.2, 0.25) is 0 Å². The maximum Gasteiger partial charge on any atom is 0.408 e. The number of aldehydes is 1. The molecule has 2 amide bonds. The number of ether oxygens (including phenoxy) is 1. The first-order chi connectivity index (χ1) is 11.2. The molecule has 1 atom stereocenters. The number of nitrogens with one attached hydrogen (secondary N) is 2. The Morgan fingerprint density at radius 2 is 1.87 bits per heavy atom. The number of carbonyl (C=O) groups excluding carboxylic acids is 3. The van der Waals surface area contributed by atoms with Gasteiger partial charge in [0.25, 0.3) is 0 Å². The summed E-state index contributed by atoms with van der Waals surface area (Å²) in [6.45, 7) is 5.97. The molecule has 0 fully saturated rings. The molecular formula is C17H26N2O4. The van der Waals surface area contributed by atoms with Crippen LogP contribution in [-0.4, -0.2) is 30.9 Å². The van der Waals surface area contributed by atoms with Crippen LogP contribution in [0.3, 0.4) is 0 Å². The summed E-state index contributed by atoms with van der Waals surface area (Å²) >= 11 is 0. The summed E-state index contributed by atoms with van der Waals surface area (Å²) in [4.78, 5) is 33.7. The van der Waals surface area contributed by atoms with Crippen molar-refractivity contribution in [1.82, 2.24) is 10.6 Å². The highest BCUT2D eigenvalue weighted by Crippen LogP contribution is 2.02. The third kappa shape index (κ3) is 9.29. The molecule has 0 aromatic heterocycles. The van der Waals surface area contributed by atoms with Gasteiger partial charge in [0.1, 0.15) is 18.9 Å². The predicted molar refractivity (Wildman–Crippen MR) is 88.9 cm³/mol. The van der Waals surface area contributed by atoms with Gasteiger partial charge >= 0.3 is 6.09 Å². The minimum absolute atomic E-state index is 0.0697. The van der Waals surface area contributed by atoms with Crippen LogP contribution in [0.25, 0.3) is 0 Å². The fourth-order valence-electron chi connectivity index (χ4n) is 1.73. The van der Waals surface area contributed by atoms with E-state index in [2.05, 4.69) is 10.6 Å². The number of hydrogen-bond donors (Lipinski definition) is 2. The number of rotatable bonds is 8. The lowest BCUT2D eigenvalue weighted by Gasteiger charge is -2.17. The molecule has 6 heteroatoms. The van der Waals surface area contributed by atoms with E-state index >= 15 is 0 Å². The lowest BCUT2D eigenvalue weighted by molar-refractivity contribution is -0.124. The molecule has 0 saturated carbocycles. The molecule has 0 aliphatic rings. The Balaban J connectivity index is 0.00000232. The van der Waals surface area contributed by atoms with Crippen molar-refractivity contribution in [1.29, 1.82) is 0 Å². The van der Waals surface area contributed by atoms with Crippen LogP contribution >= 0.6 is 0 Å². The van der Waals surface area contributed by atoms with E-state index in [1.165, 1.54) is 0 Å². The monoisotopic (exact) mass is 322 g/mol. The van der Waals surface area contributed by atoms with Crippen LogP contribution in [-0.2, 0) is 20.9 Å². The van der Waals surface area contributed by atoms with Gasteiger partial charge in [0.15, 0.2) is 0 Å². The molecule has 0 spiro atoms. The summed E-state index contributed by atoms with van der Waals surface area (Å²) in [7, 11) is 0. The second kappa shape index (κ2) is 13.3. The first-order valence-electron chi connectivity index (χ1n) is 7.86. The van der Waals surface area contributed by atoms with E-state index in [9.17, 15) is 14.4 Å². The fraction of sp³-hybridized carbons (Fsp3) is 0.471. The smallest absolute Gasteiger partial charge is 0.408 e. The summed E-state index contributed by atoms with van der Waals surface area (Å²) in [5.41, 5.74) is 0.866. The van der Waals surface area contributed by atoms with Crippen LogP contribution in [0, 0.1) is 0 Å². The Hall–Kier alpha value is -2.37. The standard InChI is InChI=1S/C15H20N2O4.C2H6/c1-2-6-13(14(19)16-9-10-18)17-15(20)21-11-12-7-4-3-5-8-12;1-2/h3-5,7-8,10,13H,2,6,9,11H2,1H3,(H,16,19)(H,17,20);1-2H3/t13-;/m0./s1. The molecular weight excluding hydrogens is 296 g/mol. The quantitative estimate of drug-likeness (QED) is 0.720. The Morgan fingerprint density at radius 1 is 1.22 bits per heavy atom. The fourth-order valence-corrected chi connectivity index (χ4v) is 1.73. The van der Waals surface area contributed by atoms with Crippen LogP contribution in [0.4, 0.5) is 4.79 Å². The van der Waals surface area contributed by atoms with Crippen molar-refractivity contribution in [2.45, 2.75) is 46.3 Å². The zero-order valence-corrected chi connectivity index (χ0v) is 14.0. The first-order valence-corrected chi connectivity index (χ1v) is 7.86. The van der Waals surface area contributed by atoms with Crippen LogP contribution in [0.5, 0.6) is 0 Å². The number of benzene rings is 1. The van der Waals surface area contributed by atoms with Crippen molar-refractivity contribution in [2.75, 3.05) is 6.54 Å². The van der Waals surface area contributed by atoms with Gasteiger partial charge in [0.05, 0.1) is 6.54 Å². The Labute approximate surface area is 137 Å². The molecule has 0 saturated heterocycles. The van der Waals surface area contributed by atoms with E-state index in [-0.39, 0.29) is 19.1 Å². The first kappa shape index (κ1) is 20.6.